The van der Waals surface area contributed by atoms with E-state index in [4.69, 9.17) is 16.6 Å². The van der Waals surface area contributed by atoms with Crippen molar-refractivity contribution in [3.8, 4) is 0 Å². The summed E-state index contributed by atoms with van der Waals surface area (Å²) in [5.74, 6) is -4.16. The first-order chi connectivity index (χ1) is 15.0. The lowest BCUT2D eigenvalue weighted by Crippen LogP contribution is -2.57. The normalized spacial score (nSPS) is 14.5. The summed E-state index contributed by atoms with van der Waals surface area (Å²) in [4.78, 5) is 66.4. The molecule has 0 radical (unpaired) electrons. The maximum Gasteiger partial charge on any atom is 0.322 e. The van der Waals surface area contributed by atoms with Crippen LogP contribution in [0.15, 0.2) is 12.5 Å². The Morgan fingerprint density at radius 1 is 1.12 bits per heavy atom. The van der Waals surface area contributed by atoms with Gasteiger partial charge in [-0.2, -0.15) is 0 Å². The predicted molar refractivity (Wildman–Crippen MR) is 113 cm³/mol. The van der Waals surface area contributed by atoms with Crippen LogP contribution in [0.25, 0.3) is 0 Å². The highest BCUT2D eigenvalue weighted by molar-refractivity contribution is 5.94. The Kier molecular flexibility index (Phi) is 10.8. The number of rotatable bonds is 14. The molecule has 1 aromatic heterocycles. The smallest absolute Gasteiger partial charge is 0.322 e. The van der Waals surface area contributed by atoms with E-state index < -0.39 is 54.3 Å². The molecule has 0 spiro atoms. The quantitative estimate of drug-likeness (QED) is 0.163. The lowest BCUT2D eigenvalue weighted by Gasteiger charge is -2.25. The third-order valence-electron chi connectivity index (χ3n) is 4.90. The number of amides is 4. The van der Waals surface area contributed by atoms with Gasteiger partial charge in [-0.15, -0.1) is 0 Å². The van der Waals surface area contributed by atoms with Crippen LogP contribution < -0.4 is 27.4 Å². The first-order valence-corrected chi connectivity index (χ1v) is 10.2. The summed E-state index contributed by atoms with van der Waals surface area (Å²) in [5, 5.41) is 15.9. The molecule has 1 aromatic rings. The number of carboxylic acid groups (broad SMARTS) is 1. The highest BCUT2D eigenvalue weighted by atomic mass is 16.4. The molecule has 4 atom stereocenters. The fraction of sp³-hybridized carbons (Fsp3) is 0.579. The molecular formula is C19H31N7O6. The van der Waals surface area contributed by atoms with Gasteiger partial charge < -0.3 is 37.5 Å². The van der Waals surface area contributed by atoms with Crippen LogP contribution in [0.2, 0.25) is 0 Å². The van der Waals surface area contributed by atoms with Gasteiger partial charge in [0.15, 0.2) is 0 Å². The number of imidazole rings is 1. The number of hydrogen-bond acceptors (Lipinski definition) is 7. The molecule has 0 saturated carbocycles. The van der Waals surface area contributed by atoms with Gasteiger partial charge in [0.25, 0.3) is 0 Å². The summed E-state index contributed by atoms with van der Waals surface area (Å²) in [6.45, 7) is 3.02. The minimum absolute atomic E-state index is 0.0318. The molecule has 178 valence electrons. The summed E-state index contributed by atoms with van der Waals surface area (Å²) in [6.07, 6.45) is 3.21. The number of aromatic nitrogens is 2. The standard InChI is InChI=1S/C19H31N7O6/c1-3-10(2)16(21)19(32)26-13(6-11-7-22-9-24-11)18(31)25-12(4-5-14(20)27)17(30)23-8-15(28)29/h7,9-10,12-13,16H,3-6,8,21H2,1-2H3,(H2,20,27)(H,22,24)(H,23,30)(H,25,31)(H,26,32)(H,28,29). The Balaban J connectivity index is 2.99. The van der Waals surface area contributed by atoms with Crippen LogP contribution in [0, 0.1) is 5.92 Å². The number of carbonyl (C=O) groups excluding carboxylic acids is 4. The summed E-state index contributed by atoms with van der Waals surface area (Å²) in [5.41, 5.74) is 11.6. The van der Waals surface area contributed by atoms with Crippen LogP contribution in [-0.2, 0) is 30.4 Å². The zero-order valence-corrected chi connectivity index (χ0v) is 18.1. The number of nitrogens with two attached hydrogens (primary N) is 2. The molecule has 4 amide bonds. The highest BCUT2D eigenvalue weighted by Gasteiger charge is 2.30. The zero-order valence-electron chi connectivity index (χ0n) is 18.1. The fourth-order valence-corrected chi connectivity index (χ4v) is 2.72. The molecule has 0 fully saturated rings. The first-order valence-electron chi connectivity index (χ1n) is 10.2. The van der Waals surface area contributed by atoms with E-state index in [0.29, 0.717) is 12.1 Å². The summed E-state index contributed by atoms with van der Waals surface area (Å²) in [6, 6.07) is -3.19. The van der Waals surface area contributed by atoms with Gasteiger partial charge >= 0.3 is 5.97 Å². The SMILES string of the molecule is CCC(C)C(N)C(=O)NC(Cc1cnc[nH]1)C(=O)NC(CCC(N)=O)C(=O)NCC(=O)O. The average Bonchev–Trinajstić information content (AvgIpc) is 3.25. The van der Waals surface area contributed by atoms with Gasteiger partial charge in [0, 0.05) is 24.7 Å². The van der Waals surface area contributed by atoms with Crippen molar-refractivity contribution in [2.24, 2.45) is 17.4 Å². The molecule has 0 aliphatic heterocycles. The molecule has 0 aromatic carbocycles. The Morgan fingerprint density at radius 3 is 2.31 bits per heavy atom. The minimum atomic E-state index is -1.28. The second-order valence-corrected chi connectivity index (χ2v) is 7.43. The van der Waals surface area contributed by atoms with Crippen molar-refractivity contribution in [2.45, 2.75) is 57.7 Å². The molecule has 13 heteroatoms. The van der Waals surface area contributed by atoms with E-state index in [1.807, 2.05) is 6.92 Å². The van der Waals surface area contributed by atoms with E-state index in [1.165, 1.54) is 12.5 Å². The Bertz CT molecular complexity index is 798. The topological polar surface area (TPSA) is 222 Å². The van der Waals surface area contributed by atoms with Crippen molar-refractivity contribution in [1.29, 1.82) is 0 Å². The molecular weight excluding hydrogens is 422 g/mol. The first kappa shape index (κ1) is 26.6. The monoisotopic (exact) mass is 453 g/mol. The number of H-pyrrole nitrogens is 1. The molecule has 0 saturated heterocycles. The highest BCUT2D eigenvalue weighted by Crippen LogP contribution is 2.07. The van der Waals surface area contributed by atoms with Crippen molar-refractivity contribution < 1.29 is 29.1 Å². The Morgan fingerprint density at radius 2 is 1.78 bits per heavy atom. The molecule has 4 unspecified atom stereocenters. The summed E-state index contributed by atoms with van der Waals surface area (Å²) >= 11 is 0. The molecule has 13 nitrogen and oxygen atoms in total. The number of primary amides is 1. The van der Waals surface area contributed by atoms with Crippen LogP contribution in [0.4, 0.5) is 0 Å². The van der Waals surface area contributed by atoms with E-state index in [1.54, 1.807) is 6.92 Å². The molecule has 9 N–H and O–H groups in total. The molecule has 0 aliphatic carbocycles. The third kappa shape index (κ3) is 9.12. The minimum Gasteiger partial charge on any atom is -0.480 e. The number of nitrogens with zero attached hydrogens (tertiary/aromatic N) is 1. The largest absolute Gasteiger partial charge is 0.480 e. The fourth-order valence-electron chi connectivity index (χ4n) is 2.72. The lowest BCUT2D eigenvalue weighted by atomic mass is 9.98. The lowest BCUT2D eigenvalue weighted by molar-refractivity contribution is -0.138. The molecule has 1 rings (SSSR count). The van der Waals surface area contributed by atoms with Gasteiger partial charge in [-0.1, -0.05) is 20.3 Å². The number of aromatic amines is 1. The number of nitrogens with one attached hydrogen (secondary N) is 4. The van der Waals surface area contributed by atoms with E-state index >= 15 is 0 Å². The molecule has 0 bridgehead atoms. The number of aliphatic carboxylic acids is 1. The van der Waals surface area contributed by atoms with Gasteiger partial charge in [-0.05, 0) is 12.3 Å². The van der Waals surface area contributed by atoms with Gasteiger partial charge in [-0.3, -0.25) is 24.0 Å². The zero-order chi connectivity index (χ0) is 24.3. The number of carbonyl (C=O) groups is 5. The Labute approximate surface area is 185 Å². The van der Waals surface area contributed by atoms with Crippen molar-refractivity contribution in [1.82, 2.24) is 25.9 Å². The van der Waals surface area contributed by atoms with E-state index in [9.17, 15) is 24.0 Å². The van der Waals surface area contributed by atoms with E-state index in [0.717, 1.165) is 0 Å². The van der Waals surface area contributed by atoms with Gasteiger partial charge in [0.2, 0.25) is 23.6 Å². The maximum atomic E-state index is 13.0. The van der Waals surface area contributed by atoms with E-state index in [2.05, 4.69) is 25.9 Å². The molecule has 32 heavy (non-hydrogen) atoms. The van der Waals surface area contributed by atoms with Crippen molar-refractivity contribution in [3.63, 3.8) is 0 Å². The van der Waals surface area contributed by atoms with Crippen LogP contribution in [0.5, 0.6) is 0 Å². The number of hydrogen-bond donors (Lipinski definition) is 7. The average molecular weight is 454 g/mol. The third-order valence-corrected chi connectivity index (χ3v) is 4.90. The van der Waals surface area contributed by atoms with Gasteiger partial charge in [0.1, 0.15) is 18.6 Å². The predicted octanol–water partition coefficient (Wildman–Crippen LogP) is -2.24. The van der Waals surface area contributed by atoms with Gasteiger partial charge in [0.05, 0.1) is 12.4 Å². The summed E-state index contributed by atoms with van der Waals surface area (Å²) in [7, 11) is 0. The van der Waals surface area contributed by atoms with Crippen LogP contribution in [0.3, 0.4) is 0 Å². The van der Waals surface area contributed by atoms with Crippen molar-refractivity contribution in [3.05, 3.63) is 18.2 Å². The maximum absolute atomic E-state index is 13.0. The summed E-state index contributed by atoms with van der Waals surface area (Å²) < 4.78 is 0. The number of carboxylic acids is 1. The van der Waals surface area contributed by atoms with Gasteiger partial charge in [-0.25, -0.2) is 4.98 Å². The second kappa shape index (κ2) is 13.0. The second-order valence-electron chi connectivity index (χ2n) is 7.43. The molecule has 1 heterocycles. The van der Waals surface area contributed by atoms with Crippen LogP contribution in [0.1, 0.15) is 38.8 Å². The van der Waals surface area contributed by atoms with Crippen molar-refractivity contribution >= 4 is 29.6 Å². The van der Waals surface area contributed by atoms with Crippen molar-refractivity contribution in [2.75, 3.05) is 6.54 Å². The van der Waals surface area contributed by atoms with E-state index in [-0.39, 0.29) is 25.2 Å². The molecule has 0 aliphatic rings. The van der Waals surface area contributed by atoms with Crippen LogP contribution in [-0.4, -0.2) is 69.3 Å². The Hall–Kier alpha value is -3.48. The van der Waals surface area contributed by atoms with Crippen LogP contribution >= 0.6 is 0 Å².